The van der Waals surface area contributed by atoms with Crippen LogP contribution in [0.4, 0.5) is 14.6 Å². The third kappa shape index (κ3) is 3.25. The van der Waals surface area contributed by atoms with Crippen LogP contribution in [-0.2, 0) is 0 Å². The highest BCUT2D eigenvalue weighted by molar-refractivity contribution is 6.28. The molecular weight excluding hydrogens is 394 g/mol. The summed E-state index contributed by atoms with van der Waals surface area (Å²) >= 11 is 5.91. The monoisotopic (exact) mass is 410 g/mol. The summed E-state index contributed by atoms with van der Waals surface area (Å²) in [4.78, 5) is 8.09. The number of aliphatic hydroxyl groups is 2. The number of nitrogens with two attached hydrogens (primary N) is 1. The van der Waals surface area contributed by atoms with Gasteiger partial charge < -0.3 is 25.3 Å². The lowest BCUT2D eigenvalue weighted by Crippen LogP contribution is -2.28. The highest BCUT2D eigenvalue weighted by Crippen LogP contribution is 2.43. The second-order valence-corrected chi connectivity index (χ2v) is 7.02. The number of benzene rings is 1. The predicted octanol–water partition coefficient (Wildman–Crippen LogP) is 2.72. The molecule has 1 aliphatic rings. The predicted molar refractivity (Wildman–Crippen MR) is 98.4 cm³/mol. The first-order valence-corrected chi connectivity index (χ1v) is 8.93. The lowest BCUT2D eigenvalue weighted by atomic mass is 9.95. The molecule has 0 unspecified atom stereocenters. The van der Waals surface area contributed by atoms with Gasteiger partial charge in [0.1, 0.15) is 23.3 Å². The lowest BCUT2D eigenvalue weighted by molar-refractivity contribution is -0.0499. The Morgan fingerprint density at radius 3 is 2.75 bits per heavy atom. The molecule has 2 heterocycles. The number of aliphatic hydroxyl groups excluding tert-OH is 2. The van der Waals surface area contributed by atoms with E-state index in [1.165, 1.54) is 12.1 Å². The van der Waals surface area contributed by atoms with E-state index >= 15 is 0 Å². The van der Waals surface area contributed by atoms with Crippen LogP contribution in [0, 0.1) is 0 Å². The van der Waals surface area contributed by atoms with Gasteiger partial charge in [-0.05, 0) is 41.8 Å². The molecular formula is C18H17ClF2N4O3. The minimum Gasteiger partial charge on any atom is -0.435 e. The largest absolute Gasteiger partial charge is 0.435 e. The summed E-state index contributed by atoms with van der Waals surface area (Å²) in [5.41, 5.74) is 6.91. The molecule has 28 heavy (non-hydrogen) atoms. The zero-order chi connectivity index (χ0) is 20.0. The summed E-state index contributed by atoms with van der Waals surface area (Å²) in [6.07, 6.45) is -0.147. The molecule has 1 fully saturated rings. The Morgan fingerprint density at radius 2 is 2.00 bits per heavy atom. The van der Waals surface area contributed by atoms with Crippen molar-refractivity contribution in [2.45, 2.75) is 37.2 Å². The van der Waals surface area contributed by atoms with E-state index in [-0.39, 0.29) is 16.9 Å². The summed E-state index contributed by atoms with van der Waals surface area (Å²) in [6.45, 7) is -2.94. The van der Waals surface area contributed by atoms with E-state index < -0.39 is 30.8 Å². The van der Waals surface area contributed by atoms with Crippen LogP contribution >= 0.6 is 11.6 Å². The third-order valence-electron chi connectivity index (χ3n) is 5.09. The molecule has 0 spiro atoms. The Labute approximate surface area is 163 Å². The van der Waals surface area contributed by atoms with Gasteiger partial charge >= 0.3 is 6.61 Å². The minimum absolute atomic E-state index is 0.00338. The van der Waals surface area contributed by atoms with Crippen molar-refractivity contribution >= 4 is 28.5 Å². The van der Waals surface area contributed by atoms with Gasteiger partial charge in [-0.1, -0.05) is 12.1 Å². The van der Waals surface area contributed by atoms with Crippen molar-refractivity contribution in [3.8, 4) is 5.75 Å². The van der Waals surface area contributed by atoms with E-state index in [4.69, 9.17) is 17.3 Å². The van der Waals surface area contributed by atoms with Crippen molar-refractivity contribution in [3.63, 3.8) is 0 Å². The molecule has 148 valence electrons. The summed E-state index contributed by atoms with van der Waals surface area (Å²) < 4.78 is 31.1. The van der Waals surface area contributed by atoms with Crippen LogP contribution in [0.25, 0.3) is 11.0 Å². The SMILES string of the molecule is Nc1nc(Cl)nc2c1ccn2[C@@H]1C[C@H](c2cccc(OC(F)F)c2)[C@@H](O)[C@H]1O. The molecule has 10 heteroatoms. The maximum Gasteiger partial charge on any atom is 0.387 e. The zero-order valence-corrected chi connectivity index (χ0v) is 15.2. The van der Waals surface area contributed by atoms with Crippen LogP contribution in [0.5, 0.6) is 5.75 Å². The van der Waals surface area contributed by atoms with Crippen molar-refractivity contribution in [1.29, 1.82) is 0 Å². The number of aromatic nitrogens is 3. The first-order chi connectivity index (χ1) is 13.3. The van der Waals surface area contributed by atoms with Gasteiger partial charge in [-0.25, -0.2) is 4.98 Å². The highest BCUT2D eigenvalue weighted by Gasteiger charge is 2.43. The topological polar surface area (TPSA) is 106 Å². The molecule has 0 radical (unpaired) electrons. The minimum atomic E-state index is -2.94. The molecule has 4 atom stereocenters. The molecule has 0 saturated heterocycles. The number of hydrogen-bond acceptors (Lipinski definition) is 6. The van der Waals surface area contributed by atoms with E-state index in [2.05, 4.69) is 14.7 Å². The molecule has 1 saturated carbocycles. The highest BCUT2D eigenvalue weighted by atomic mass is 35.5. The van der Waals surface area contributed by atoms with E-state index in [0.29, 0.717) is 23.0 Å². The van der Waals surface area contributed by atoms with Crippen LogP contribution in [0.1, 0.15) is 23.9 Å². The molecule has 0 bridgehead atoms. The molecule has 0 aliphatic heterocycles. The Kier molecular flexibility index (Phi) is 4.82. The molecule has 4 rings (SSSR count). The standard InChI is InChI=1S/C18H17ClF2N4O3/c19-17-23-15(22)10-4-5-25(16(10)24-17)12-7-11(13(26)14(12)27)8-2-1-3-9(6-8)28-18(20)21/h1-6,11-14,18,26-27H,7H2,(H2,22,23,24)/t11-,12-,13-,14+/m1/s1. The van der Waals surface area contributed by atoms with Gasteiger partial charge in [0.15, 0.2) is 0 Å². The Morgan fingerprint density at radius 1 is 1.21 bits per heavy atom. The number of ether oxygens (including phenoxy) is 1. The van der Waals surface area contributed by atoms with Crippen LogP contribution in [-0.4, -0.2) is 43.6 Å². The fourth-order valence-electron chi connectivity index (χ4n) is 3.83. The average Bonchev–Trinajstić information content (AvgIpc) is 3.17. The van der Waals surface area contributed by atoms with Gasteiger partial charge in [0.2, 0.25) is 5.28 Å². The number of halogens is 3. The number of alkyl halides is 2. The fourth-order valence-corrected chi connectivity index (χ4v) is 4.01. The first kappa shape index (κ1) is 18.9. The number of fused-ring (bicyclic) bond motifs is 1. The van der Waals surface area contributed by atoms with Crippen molar-refractivity contribution in [2.24, 2.45) is 0 Å². The molecule has 1 aliphatic carbocycles. The second kappa shape index (κ2) is 7.16. The molecule has 2 aromatic heterocycles. The van der Waals surface area contributed by atoms with Crippen molar-refractivity contribution in [3.05, 3.63) is 47.4 Å². The van der Waals surface area contributed by atoms with Gasteiger partial charge in [0.25, 0.3) is 0 Å². The molecule has 4 N–H and O–H groups in total. The summed E-state index contributed by atoms with van der Waals surface area (Å²) in [7, 11) is 0. The maximum absolute atomic E-state index is 12.5. The van der Waals surface area contributed by atoms with Crippen molar-refractivity contribution < 1.29 is 23.7 Å². The van der Waals surface area contributed by atoms with E-state index in [1.807, 2.05) is 0 Å². The quantitative estimate of drug-likeness (QED) is 0.571. The van der Waals surface area contributed by atoms with Gasteiger partial charge in [0.05, 0.1) is 17.5 Å². The number of nitrogens with zero attached hydrogens (tertiary/aromatic N) is 3. The van der Waals surface area contributed by atoms with Gasteiger partial charge in [-0.2, -0.15) is 13.8 Å². The number of anilines is 1. The van der Waals surface area contributed by atoms with Crippen LogP contribution in [0.15, 0.2) is 36.5 Å². The summed E-state index contributed by atoms with van der Waals surface area (Å²) in [6, 6.07) is 7.32. The van der Waals surface area contributed by atoms with Crippen LogP contribution in [0.3, 0.4) is 0 Å². The van der Waals surface area contributed by atoms with Crippen molar-refractivity contribution in [2.75, 3.05) is 5.73 Å². The zero-order valence-electron chi connectivity index (χ0n) is 14.4. The van der Waals surface area contributed by atoms with E-state index in [9.17, 15) is 19.0 Å². The van der Waals surface area contributed by atoms with Crippen LogP contribution in [0.2, 0.25) is 5.28 Å². The summed E-state index contributed by atoms with van der Waals surface area (Å²) in [5.74, 6) is -0.264. The smallest absolute Gasteiger partial charge is 0.387 e. The van der Waals surface area contributed by atoms with Gasteiger partial charge in [-0.3, -0.25) is 0 Å². The number of hydrogen-bond donors (Lipinski definition) is 3. The Hall–Kier alpha value is -2.49. The normalized spacial score (nSPS) is 24.9. The van der Waals surface area contributed by atoms with E-state index in [1.54, 1.807) is 29.0 Å². The third-order valence-corrected chi connectivity index (χ3v) is 5.26. The Bertz CT molecular complexity index is 1020. The summed E-state index contributed by atoms with van der Waals surface area (Å²) in [5, 5.41) is 21.8. The maximum atomic E-state index is 12.5. The van der Waals surface area contributed by atoms with Gasteiger partial charge in [-0.15, -0.1) is 0 Å². The average molecular weight is 411 g/mol. The molecule has 1 aromatic carbocycles. The number of nitrogen functional groups attached to an aromatic ring is 1. The molecule has 0 amide bonds. The molecule has 7 nitrogen and oxygen atoms in total. The first-order valence-electron chi connectivity index (χ1n) is 8.55. The van der Waals surface area contributed by atoms with Crippen molar-refractivity contribution in [1.82, 2.24) is 14.5 Å². The Balaban J connectivity index is 1.68. The van der Waals surface area contributed by atoms with E-state index in [0.717, 1.165) is 0 Å². The van der Waals surface area contributed by atoms with Crippen LogP contribution < -0.4 is 10.5 Å². The number of rotatable bonds is 4. The lowest BCUT2D eigenvalue weighted by Gasteiger charge is -2.19. The second-order valence-electron chi connectivity index (χ2n) is 6.68. The molecule has 3 aromatic rings. The fraction of sp³-hybridized carbons (Fsp3) is 0.333. The van der Waals surface area contributed by atoms with Gasteiger partial charge in [0, 0.05) is 12.1 Å².